The molecule has 1 aliphatic heterocycles. The number of nitrogens with one attached hydrogen (secondary N) is 1. The van der Waals surface area contributed by atoms with E-state index in [2.05, 4.69) is 16.9 Å². The van der Waals surface area contributed by atoms with Crippen molar-refractivity contribution < 1.29 is 4.39 Å². The Balaban J connectivity index is 2.00. The Morgan fingerprint density at radius 1 is 1.21 bits per heavy atom. The molecule has 124 valence electrons. The lowest BCUT2D eigenvalue weighted by Gasteiger charge is -2.32. The van der Waals surface area contributed by atoms with Gasteiger partial charge in [0.1, 0.15) is 5.82 Å². The lowest BCUT2D eigenvalue weighted by atomic mass is 10.1. The van der Waals surface area contributed by atoms with Gasteiger partial charge in [0, 0.05) is 25.8 Å². The van der Waals surface area contributed by atoms with E-state index in [1.165, 1.54) is 16.7 Å². The molecule has 3 aromatic rings. The molecule has 4 rings (SSSR count). The van der Waals surface area contributed by atoms with Gasteiger partial charge in [0.2, 0.25) is 5.95 Å². The summed E-state index contributed by atoms with van der Waals surface area (Å²) in [4.78, 5) is 32.9. The van der Waals surface area contributed by atoms with Crippen LogP contribution < -0.4 is 16.1 Å². The Morgan fingerprint density at radius 3 is 2.62 bits per heavy atom. The van der Waals surface area contributed by atoms with E-state index in [1.54, 1.807) is 19.2 Å². The van der Waals surface area contributed by atoms with Crippen LogP contribution in [0.2, 0.25) is 0 Å². The summed E-state index contributed by atoms with van der Waals surface area (Å²) in [5.41, 5.74) is 0.580. The van der Waals surface area contributed by atoms with Crippen LogP contribution in [0, 0.1) is 11.7 Å². The zero-order valence-corrected chi connectivity index (χ0v) is 13.3. The number of anilines is 2. The second-order valence-corrected chi connectivity index (χ2v) is 6.21. The van der Waals surface area contributed by atoms with Crippen LogP contribution in [0.15, 0.2) is 33.9 Å². The fourth-order valence-electron chi connectivity index (χ4n) is 3.21. The standard InChI is InChI=1S/C16H16FN5O2/c1-9-7-21(11-5-3-10(17)4-6-11)15-18-13-12(22(15)8-9)14(23)19-16(24)20(13)2/h3-6,9H,7-8H2,1-2H3,(H,19,23,24)/t9-/m1/s1. The van der Waals surface area contributed by atoms with E-state index in [9.17, 15) is 14.0 Å². The van der Waals surface area contributed by atoms with Crippen molar-refractivity contribution in [1.29, 1.82) is 0 Å². The lowest BCUT2D eigenvalue weighted by Crippen LogP contribution is -2.35. The molecule has 0 amide bonds. The molecule has 0 fully saturated rings. The maximum Gasteiger partial charge on any atom is 0.329 e. The van der Waals surface area contributed by atoms with Gasteiger partial charge in [-0.1, -0.05) is 6.92 Å². The zero-order chi connectivity index (χ0) is 17.0. The van der Waals surface area contributed by atoms with Gasteiger partial charge in [0.15, 0.2) is 11.2 Å². The highest BCUT2D eigenvalue weighted by molar-refractivity contribution is 5.76. The molecule has 0 radical (unpaired) electrons. The predicted molar refractivity (Wildman–Crippen MR) is 88.2 cm³/mol. The van der Waals surface area contributed by atoms with Gasteiger partial charge in [-0.25, -0.2) is 9.18 Å². The van der Waals surface area contributed by atoms with Crippen LogP contribution in [-0.4, -0.2) is 25.6 Å². The van der Waals surface area contributed by atoms with Crippen molar-refractivity contribution in [1.82, 2.24) is 19.1 Å². The quantitative estimate of drug-likeness (QED) is 0.731. The number of aromatic amines is 1. The van der Waals surface area contributed by atoms with Crippen LogP contribution in [0.5, 0.6) is 0 Å². The molecule has 1 aliphatic rings. The molecule has 0 spiro atoms. The van der Waals surface area contributed by atoms with E-state index in [0.29, 0.717) is 30.2 Å². The van der Waals surface area contributed by atoms with Crippen molar-refractivity contribution in [3.8, 4) is 0 Å². The summed E-state index contributed by atoms with van der Waals surface area (Å²) in [6.07, 6.45) is 0. The first-order chi connectivity index (χ1) is 11.5. The largest absolute Gasteiger partial charge is 0.329 e. The molecule has 0 saturated carbocycles. The molecule has 0 unspecified atom stereocenters. The monoisotopic (exact) mass is 329 g/mol. The molecule has 3 heterocycles. The van der Waals surface area contributed by atoms with E-state index in [1.807, 2.05) is 9.47 Å². The molecule has 1 N–H and O–H groups in total. The molecule has 2 aromatic heterocycles. The fraction of sp³-hybridized carbons (Fsp3) is 0.312. The first kappa shape index (κ1) is 14.7. The molecule has 8 heteroatoms. The summed E-state index contributed by atoms with van der Waals surface area (Å²) in [7, 11) is 1.57. The Kier molecular flexibility index (Phi) is 3.09. The van der Waals surface area contributed by atoms with Crippen LogP contribution in [0.4, 0.5) is 16.0 Å². The van der Waals surface area contributed by atoms with Crippen LogP contribution in [0.3, 0.4) is 0 Å². The van der Waals surface area contributed by atoms with Crippen molar-refractivity contribution in [2.24, 2.45) is 13.0 Å². The van der Waals surface area contributed by atoms with E-state index in [4.69, 9.17) is 0 Å². The number of benzene rings is 1. The topological polar surface area (TPSA) is 75.9 Å². The lowest BCUT2D eigenvalue weighted by molar-refractivity contribution is 0.458. The number of hydrogen-bond acceptors (Lipinski definition) is 4. The summed E-state index contributed by atoms with van der Waals surface area (Å²) in [5, 5.41) is 0. The normalized spacial score (nSPS) is 17.3. The van der Waals surface area contributed by atoms with Crippen molar-refractivity contribution in [3.63, 3.8) is 0 Å². The highest BCUT2D eigenvalue weighted by atomic mass is 19.1. The highest BCUT2D eigenvalue weighted by Crippen LogP contribution is 2.32. The predicted octanol–water partition coefficient (Wildman–Crippen LogP) is 1.35. The molecule has 0 saturated heterocycles. The summed E-state index contributed by atoms with van der Waals surface area (Å²) < 4.78 is 16.4. The van der Waals surface area contributed by atoms with Crippen LogP contribution >= 0.6 is 0 Å². The second-order valence-electron chi connectivity index (χ2n) is 6.21. The molecular formula is C16H16FN5O2. The van der Waals surface area contributed by atoms with E-state index in [-0.39, 0.29) is 11.7 Å². The summed E-state index contributed by atoms with van der Waals surface area (Å²) in [5.74, 6) is 0.536. The third-order valence-electron chi connectivity index (χ3n) is 4.36. The number of H-pyrrole nitrogens is 1. The van der Waals surface area contributed by atoms with Crippen molar-refractivity contribution in [3.05, 3.63) is 50.9 Å². The number of halogens is 1. The third-order valence-corrected chi connectivity index (χ3v) is 4.36. The summed E-state index contributed by atoms with van der Waals surface area (Å²) in [6, 6.07) is 6.15. The number of aromatic nitrogens is 4. The van der Waals surface area contributed by atoms with Gasteiger partial charge in [-0.3, -0.25) is 14.3 Å². The Bertz CT molecular complexity index is 1050. The molecule has 1 atom stereocenters. The van der Waals surface area contributed by atoms with Crippen LogP contribution in [-0.2, 0) is 13.6 Å². The number of imidazole rings is 1. The Labute approximate surface area is 136 Å². The number of fused-ring (bicyclic) bond motifs is 3. The molecule has 0 aliphatic carbocycles. The third kappa shape index (κ3) is 2.06. The van der Waals surface area contributed by atoms with Crippen molar-refractivity contribution in [2.45, 2.75) is 13.5 Å². The summed E-state index contributed by atoms with van der Waals surface area (Å²) in [6.45, 7) is 3.40. The van der Waals surface area contributed by atoms with Crippen LogP contribution in [0.25, 0.3) is 11.2 Å². The Morgan fingerprint density at radius 2 is 1.92 bits per heavy atom. The van der Waals surface area contributed by atoms with Gasteiger partial charge in [0.05, 0.1) is 0 Å². The number of hydrogen-bond donors (Lipinski definition) is 1. The number of aryl methyl sites for hydroxylation is 1. The fourth-order valence-corrected chi connectivity index (χ4v) is 3.21. The van der Waals surface area contributed by atoms with Gasteiger partial charge in [0.25, 0.3) is 5.56 Å². The van der Waals surface area contributed by atoms with E-state index >= 15 is 0 Å². The highest BCUT2D eigenvalue weighted by Gasteiger charge is 2.28. The first-order valence-electron chi connectivity index (χ1n) is 7.68. The minimum absolute atomic E-state index is 0.261. The second kappa shape index (κ2) is 5.05. The Hall–Kier alpha value is -2.90. The first-order valence-corrected chi connectivity index (χ1v) is 7.68. The van der Waals surface area contributed by atoms with Crippen molar-refractivity contribution >= 4 is 22.8 Å². The van der Waals surface area contributed by atoms with Gasteiger partial charge >= 0.3 is 5.69 Å². The smallest absolute Gasteiger partial charge is 0.312 e. The van der Waals surface area contributed by atoms with Gasteiger partial charge in [-0.2, -0.15) is 4.98 Å². The average molecular weight is 329 g/mol. The molecule has 7 nitrogen and oxygen atoms in total. The zero-order valence-electron chi connectivity index (χ0n) is 13.3. The summed E-state index contributed by atoms with van der Waals surface area (Å²) >= 11 is 0. The minimum Gasteiger partial charge on any atom is -0.312 e. The maximum atomic E-state index is 13.2. The van der Waals surface area contributed by atoms with Gasteiger partial charge in [-0.15, -0.1) is 0 Å². The average Bonchev–Trinajstić information content (AvgIpc) is 2.92. The van der Waals surface area contributed by atoms with E-state index < -0.39 is 11.2 Å². The van der Waals surface area contributed by atoms with Gasteiger partial charge < -0.3 is 9.47 Å². The molecule has 1 aromatic carbocycles. The van der Waals surface area contributed by atoms with Crippen molar-refractivity contribution in [2.75, 3.05) is 11.4 Å². The van der Waals surface area contributed by atoms with E-state index in [0.717, 1.165) is 5.69 Å². The molecule has 24 heavy (non-hydrogen) atoms. The maximum absolute atomic E-state index is 13.2. The number of nitrogens with zero attached hydrogens (tertiary/aromatic N) is 4. The van der Waals surface area contributed by atoms with Crippen LogP contribution in [0.1, 0.15) is 6.92 Å². The minimum atomic E-state index is -0.496. The molecule has 0 bridgehead atoms. The van der Waals surface area contributed by atoms with Gasteiger partial charge in [-0.05, 0) is 30.2 Å². The molecular weight excluding hydrogens is 313 g/mol. The number of rotatable bonds is 1. The SMILES string of the molecule is C[C@@H]1CN(c2ccc(F)cc2)c2nc3c(c(=O)[nH]c(=O)n3C)n2C1.